The van der Waals surface area contributed by atoms with Crippen LogP contribution in [0.5, 0.6) is 0 Å². The standard InChI is InChI=1S/C17H14ClN3O3S/c1-10(22)20-17-21-14(9-25-17)16(23)19-8-13-6-7-15(24-13)11-2-4-12(18)5-3-11/h2-7,9H,8H2,1H3,(H,19,23)(H,20,21,22). The van der Waals surface area contributed by atoms with Crippen LogP contribution in [0.2, 0.25) is 5.02 Å². The van der Waals surface area contributed by atoms with Crippen molar-refractivity contribution in [2.45, 2.75) is 13.5 Å². The van der Waals surface area contributed by atoms with E-state index in [0.29, 0.717) is 21.7 Å². The van der Waals surface area contributed by atoms with E-state index in [2.05, 4.69) is 15.6 Å². The van der Waals surface area contributed by atoms with E-state index in [4.69, 9.17) is 16.0 Å². The molecule has 0 unspecified atom stereocenters. The van der Waals surface area contributed by atoms with Crippen molar-refractivity contribution < 1.29 is 14.0 Å². The Balaban J connectivity index is 1.60. The first kappa shape index (κ1) is 17.2. The van der Waals surface area contributed by atoms with E-state index in [1.54, 1.807) is 23.6 Å². The fraction of sp³-hybridized carbons (Fsp3) is 0.118. The molecule has 25 heavy (non-hydrogen) atoms. The molecule has 3 rings (SSSR count). The molecule has 128 valence electrons. The molecule has 3 aromatic rings. The molecule has 0 atom stereocenters. The summed E-state index contributed by atoms with van der Waals surface area (Å²) < 4.78 is 5.72. The van der Waals surface area contributed by atoms with E-state index in [9.17, 15) is 9.59 Å². The van der Waals surface area contributed by atoms with Crippen LogP contribution >= 0.6 is 22.9 Å². The van der Waals surface area contributed by atoms with Gasteiger partial charge in [-0.1, -0.05) is 11.6 Å². The molecule has 2 aromatic heterocycles. The second-order valence-electron chi connectivity index (χ2n) is 5.17. The van der Waals surface area contributed by atoms with Crippen LogP contribution in [0.1, 0.15) is 23.2 Å². The van der Waals surface area contributed by atoms with Crippen molar-refractivity contribution in [3.63, 3.8) is 0 Å². The number of aromatic nitrogens is 1. The summed E-state index contributed by atoms with van der Waals surface area (Å²) >= 11 is 7.06. The Kier molecular flexibility index (Phi) is 5.16. The lowest BCUT2D eigenvalue weighted by atomic mass is 10.2. The van der Waals surface area contributed by atoms with Crippen molar-refractivity contribution in [1.82, 2.24) is 10.3 Å². The van der Waals surface area contributed by atoms with Crippen LogP contribution in [0.4, 0.5) is 5.13 Å². The predicted octanol–water partition coefficient (Wildman–Crippen LogP) is 3.94. The summed E-state index contributed by atoms with van der Waals surface area (Å²) in [5.74, 6) is 0.752. The Labute approximate surface area is 152 Å². The van der Waals surface area contributed by atoms with Gasteiger partial charge in [-0.15, -0.1) is 11.3 Å². The van der Waals surface area contributed by atoms with Crippen molar-refractivity contribution in [3.8, 4) is 11.3 Å². The number of furan rings is 1. The molecule has 0 saturated carbocycles. The number of hydrogen-bond acceptors (Lipinski definition) is 5. The van der Waals surface area contributed by atoms with Crippen molar-refractivity contribution in [1.29, 1.82) is 0 Å². The van der Waals surface area contributed by atoms with Gasteiger partial charge in [0, 0.05) is 22.9 Å². The van der Waals surface area contributed by atoms with E-state index in [-0.39, 0.29) is 24.1 Å². The third-order valence-electron chi connectivity index (χ3n) is 3.23. The van der Waals surface area contributed by atoms with Gasteiger partial charge < -0.3 is 15.1 Å². The highest BCUT2D eigenvalue weighted by Gasteiger charge is 2.12. The first-order valence-electron chi connectivity index (χ1n) is 7.37. The van der Waals surface area contributed by atoms with Crippen LogP contribution in [-0.2, 0) is 11.3 Å². The Hall–Kier alpha value is -2.64. The lowest BCUT2D eigenvalue weighted by molar-refractivity contribution is -0.114. The van der Waals surface area contributed by atoms with E-state index in [1.807, 2.05) is 18.2 Å². The van der Waals surface area contributed by atoms with E-state index in [0.717, 1.165) is 5.56 Å². The van der Waals surface area contributed by atoms with Crippen molar-refractivity contribution >= 4 is 39.9 Å². The molecule has 0 aliphatic rings. The maximum absolute atomic E-state index is 12.1. The first-order valence-corrected chi connectivity index (χ1v) is 8.63. The lowest BCUT2D eigenvalue weighted by Gasteiger charge is -2.01. The van der Waals surface area contributed by atoms with Gasteiger partial charge in [-0.25, -0.2) is 4.98 Å². The SMILES string of the molecule is CC(=O)Nc1nc(C(=O)NCc2ccc(-c3ccc(Cl)cc3)o2)cs1. The zero-order valence-electron chi connectivity index (χ0n) is 13.2. The van der Waals surface area contributed by atoms with E-state index >= 15 is 0 Å². The first-order chi connectivity index (χ1) is 12.0. The molecule has 2 amide bonds. The Morgan fingerprint density at radius 2 is 1.96 bits per heavy atom. The van der Waals surface area contributed by atoms with Crippen LogP contribution in [0.3, 0.4) is 0 Å². The molecule has 0 fully saturated rings. The van der Waals surface area contributed by atoms with Crippen LogP contribution in [-0.4, -0.2) is 16.8 Å². The normalized spacial score (nSPS) is 10.5. The highest BCUT2D eigenvalue weighted by molar-refractivity contribution is 7.14. The van der Waals surface area contributed by atoms with Crippen molar-refractivity contribution in [3.05, 3.63) is 58.3 Å². The van der Waals surface area contributed by atoms with Gasteiger partial charge in [-0.3, -0.25) is 9.59 Å². The Morgan fingerprint density at radius 3 is 2.68 bits per heavy atom. The van der Waals surface area contributed by atoms with E-state index in [1.165, 1.54) is 18.3 Å². The summed E-state index contributed by atoms with van der Waals surface area (Å²) in [7, 11) is 0. The van der Waals surface area contributed by atoms with Gasteiger partial charge >= 0.3 is 0 Å². The second-order valence-corrected chi connectivity index (χ2v) is 6.47. The lowest BCUT2D eigenvalue weighted by Crippen LogP contribution is -2.22. The van der Waals surface area contributed by atoms with Gasteiger partial charge in [0.2, 0.25) is 5.91 Å². The molecule has 0 aliphatic heterocycles. The van der Waals surface area contributed by atoms with Crippen LogP contribution in [0, 0.1) is 0 Å². The van der Waals surface area contributed by atoms with Gasteiger partial charge in [0.1, 0.15) is 17.2 Å². The average Bonchev–Trinajstić information content (AvgIpc) is 3.22. The largest absolute Gasteiger partial charge is 0.459 e. The molecule has 6 nitrogen and oxygen atoms in total. The fourth-order valence-corrected chi connectivity index (χ4v) is 2.95. The number of nitrogens with one attached hydrogen (secondary N) is 2. The molecule has 0 bridgehead atoms. The van der Waals surface area contributed by atoms with Crippen LogP contribution in [0.15, 0.2) is 46.2 Å². The van der Waals surface area contributed by atoms with Crippen molar-refractivity contribution in [2.75, 3.05) is 5.32 Å². The topological polar surface area (TPSA) is 84.2 Å². The molecule has 2 heterocycles. The van der Waals surface area contributed by atoms with E-state index < -0.39 is 0 Å². The minimum absolute atomic E-state index is 0.230. The Morgan fingerprint density at radius 1 is 1.20 bits per heavy atom. The number of nitrogens with zero attached hydrogens (tertiary/aromatic N) is 1. The molecule has 8 heteroatoms. The van der Waals surface area contributed by atoms with Gasteiger partial charge in [0.05, 0.1) is 6.54 Å². The van der Waals surface area contributed by atoms with Crippen LogP contribution < -0.4 is 10.6 Å². The molecule has 0 radical (unpaired) electrons. The van der Waals surface area contributed by atoms with Gasteiger partial charge in [-0.05, 0) is 36.4 Å². The maximum Gasteiger partial charge on any atom is 0.271 e. The number of carbonyl (C=O) groups excluding carboxylic acids is 2. The number of rotatable bonds is 5. The number of anilines is 1. The smallest absolute Gasteiger partial charge is 0.271 e. The summed E-state index contributed by atoms with van der Waals surface area (Å²) in [6, 6.07) is 10.9. The quantitative estimate of drug-likeness (QED) is 0.707. The molecule has 2 N–H and O–H groups in total. The van der Waals surface area contributed by atoms with Gasteiger partial charge in [0.15, 0.2) is 5.13 Å². The molecular weight excluding hydrogens is 362 g/mol. The minimum Gasteiger partial charge on any atom is -0.459 e. The zero-order chi connectivity index (χ0) is 17.8. The number of benzene rings is 1. The van der Waals surface area contributed by atoms with Gasteiger partial charge in [0.25, 0.3) is 5.91 Å². The minimum atomic E-state index is -0.336. The molecular formula is C17H14ClN3O3S. The number of amides is 2. The molecule has 0 aliphatic carbocycles. The highest BCUT2D eigenvalue weighted by Crippen LogP contribution is 2.24. The molecule has 0 spiro atoms. The second kappa shape index (κ2) is 7.50. The zero-order valence-corrected chi connectivity index (χ0v) is 14.8. The summed E-state index contributed by atoms with van der Waals surface area (Å²) in [5.41, 5.74) is 1.15. The van der Waals surface area contributed by atoms with Gasteiger partial charge in [-0.2, -0.15) is 0 Å². The monoisotopic (exact) mass is 375 g/mol. The molecule has 0 saturated heterocycles. The predicted molar refractivity (Wildman–Crippen MR) is 96.7 cm³/mol. The molecule has 1 aromatic carbocycles. The van der Waals surface area contributed by atoms with Crippen molar-refractivity contribution in [2.24, 2.45) is 0 Å². The summed E-state index contributed by atoms with van der Waals surface area (Å²) in [6.45, 7) is 1.62. The Bertz CT molecular complexity index is 902. The summed E-state index contributed by atoms with van der Waals surface area (Å²) in [5, 5.41) is 7.91. The number of carbonyl (C=O) groups is 2. The van der Waals surface area contributed by atoms with Crippen LogP contribution in [0.25, 0.3) is 11.3 Å². The number of thiazole rings is 1. The number of hydrogen-bond donors (Lipinski definition) is 2. The summed E-state index contributed by atoms with van der Waals surface area (Å²) in [4.78, 5) is 27.1. The average molecular weight is 376 g/mol. The summed E-state index contributed by atoms with van der Waals surface area (Å²) in [6.07, 6.45) is 0. The number of halogens is 1. The third kappa shape index (κ3) is 4.46. The third-order valence-corrected chi connectivity index (χ3v) is 4.24. The fourth-order valence-electron chi connectivity index (χ4n) is 2.09. The highest BCUT2D eigenvalue weighted by atomic mass is 35.5. The maximum atomic E-state index is 12.1.